The van der Waals surface area contributed by atoms with Gasteiger partial charge < -0.3 is 14.6 Å². The minimum atomic E-state index is -0.665. The Balaban J connectivity index is 1.47. The minimum Gasteiger partial charge on any atom is -0.491 e. The molecule has 0 radical (unpaired) electrons. The lowest BCUT2D eigenvalue weighted by Gasteiger charge is -2.54. The quantitative estimate of drug-likeness (QED) is 0.569. The van der Waals surface area contributed by atoms with Gasteiger partial charge in [-0.15, -0.1) is 0 Å². The van der Waals surface area contributed by atoms with E-state index in [1.807, 2.05) is 24.3 Å². The first kappa shape index (κ1) is 24.2. The Morgan fingerprint density at radius 3 is 2.19 bits per heavy atom. The zero-order valence-electron chi connectivity index (χ0n) is 19.8. The lowest BCUT2D eigenvalue weighted by molar-refractivity contribution is -0.320. The van der Waals surface area contributed by atoms with Crippen LogP contribution in [0.4, 0.5) is 0 Å². The first-order valence-electron chi connectivity index (χ1n) is 11.8. The van der Waals surface area contributed by atoms with Crippen LogP contribution < -0.4 is 4.74 Å². The van der Waals surface area contributed by atoms with Crippen molar-refractivity contribution >= 4 is 6.08 Å². The van der Waals surface area contributed by atoms with Gasteiger partial charge in [0.05, 0.1) is 18.8 Å². The fourth-order valence-corrected chi connectivity index (χ4v) is 5.08. The number of hydroxylamine groups is 2. The van der Waals surface area contributed by atoms with E-state index in [1.54, 1.807) is 6.08 Å². The van der Waals surface area contributed by atoms with Crippen molar-refractivity contribution in [1.82, 2.24) is 5.06 Å². The number of aliphatic hydroxyl groups is 1. The van der Waals surface area contributed by atoms with Gasteiger partial charge in [-0.3, -0.25) is 4.84 Å². The Morgan fingerprint density at radius 2 is 1.61 bits per heavy atom. The third-order valence-electron chi connectivity index (χ3n) is 6.44. The summed E-state index contributed by atoms with van der Waals surface area (Å²) in [7, 11) is 0. The van der Waals surface area contributed by atoms with Crippen LogP contribution in [0.2, 0.25) is 0 Å². The van der Waals surface area contributed by atoms with Crippen molar-refractivity contribution in [2.75, 3.05) is 13.2 Å². The summed E-state index contributed by atoms with van der Waals surface area (Å²) in [5.41, 5.74) is 0.788. The maximum absolute atomic E-state index is 10.4. The van der Waals surface area contributed by atoms with Gasteiger partial charge in [-0.25, -0.2) is 0 Å². The number of piperidine rings is 1. The largest absolute Gasteiger partial charge is 0.491 e. The fourth-order valence-electron chi connectivity index (χ4n) is 5.08. The summed E-state index contributed by atoms with van der Waals surface area (Å²) in [6.45, 7) is 13.2. The van der Waals surface area contributed by atoms with Crippen molar-refractivity contribution in [3.05, 3.63) is 36.4 Å². The third kappa shape index (κ3) is 6.79. The molecule has 0 bridgehead atoms. The first-order valence-corrected chi connectivity index (χ1v) is 11.8. The lowest BCUT2D eigenvalue weighted by Crippen LogP contribution is -2.62. The monoisotopic (exact) mass is 431 g/mol. The lowest BCUT2D eigenvalue weighted by atomic mass is 9.80. The zero-order valence-corrected chi connectivity index (χ0v) is 19.8. The van der Waals surface area contributed by atoms with Crippen LogP contribution in [0.15, 0.2) is 30.8 Å². The summed E-state index contributed by atoms with van der Waals surface area (Å²) in [6.07, 6.45) is 9.47. The highest BCUT2D eigenvalue weighted by Crippen LogP contribution is 2.41. The molecule has 2 fully saturated rings. The second-order valence-electron chi connectivity index (χ2n) is 10.4. The standard InChI is InChI=1S/C26H41NO4/c1-6-20-12-14-22(15-13-20)29-18-21(28)19-30-24-16-25(2,3)27(26(4,5)17-24)31-23-10-8-7-9-11-23/h6,12-15,21,23-24,28H,1,7-11,16-19H2,2-5H3. The summed E-state index contributed by atoms with van der Waals surface area (Å²) in [5.74, 6) is 0.736. The minimum absolute atomic E-state index is 0.0812. The molecule has 0 amide bonds. The topological polar surface area (TPSA) is 51.2 Å². The molecule has 5 heteroatoms. The molecule has 174 valence electrons. The summed E-state index contributed by atoms with van der Waals surface area (Å²) >= 11 is 0. The Labute approximate surface area is 188 Å². The summed E-state index contributed by atoms with van der Waals surface area (Å²) in [6, 6.07) is 7.66. The number of aliphatic hydroxyl groups excluding tert-OH is 1. The van der Waals surface area contributed by atoms with Gasteiger partial charge in [0.25, 0.3) is 0 Å². The van der Waals surface area contributed by atoms with Crippen LogP contribution in [-0.4, -0.2) is 52.8 Å². The van der Waals surface area contributed by atoms with E-state index < -0.39 is 6.10 Å². The van der Waals surface area contributed by atoms with E-state index in [0.29, 0.717) is 6.10 Å². The number of rotatable bonds is 9. The Morgan fingerprint density at radius 1 is 1.00 bits per heavy atom. The zero-order chi connectivity index (χ0) is 22.5. The number of hydrogen-bond acceptors (Lipinski definition) is 5. The first-order chi connectivity index (χ1) is 14.7. The van der Waals surface area contributed by atoms with Crippen molar-refractivity contribution in [3.8, 4) is 5.75 Å². The van der Waals surface area contributed by atoms with E-state index in [1.165, 1.54) is 19.3 Å². The van der Waals surface area contributed by atoms with E-state index in [9.17, 15) is 5.11 Å². The molecule has 1 aliphatic heterocycles. The van der Waals surface area contributed by atoms with Gasteiger partial charge in [-0.05, 0) is 71.1 Å². The molecule has 1 heterocycles. The van der Waals surface area contributed by atoms with E-state index in [2.05, 4.69) is 39.3 Å². The van der Waals surface area contributed by atoms with Crippen molar-refractivity contribution in [1.29, 1.82) is 0 Å². The van der Waals surface area contributed by atoms with Crippen LogP contribution in [0.25, 0.3) is 6.08 Å². The highest BCUT2D eigenvalue weighted by atomic mass is 16.7. The van der Waals surface area contributed by atoms with Gasteiger partial charge in [0, 0.05) is 11.1 Å². The SMILES string of the molecule is C=Cc1ccc(OCC(O)COC2CC(C)(C)N(OC3CCCCC3)C(C)(C)C2)cc1. The van der Waals surface area contributed by atoms with Crippen molar-refractivity contribution in [2.24, 2.45) is 0 Å². The van der Waals surface area contributed by atoms with E-state index in [4.69, 9.17) is 14.3 Å². The van der Waals surface area contributed by atoms with Gasteiger partial charge in [0.15, 0.2) is 0 Å². The molecule has 5 nitrogen and oxygen atoms in total. The molecule has 31 heavy (non-hydrogen) atoms. The molecular formula is C26H41NO4. The second-order valence-corrected chi connectivity index (χ2v) is 10.4. The Kier molecular flexibility index (Phi) is 8.19. The number of nitrogens with zero attached hydrogens (tertiary/aromatic N) is 1. The average molecular weight is 432 g/mol. The molecule has 3 rings (SSSR count). The van der Waals surface area contributed by atoms with Crippen LogP contribution in [0.3, 0.4) is 0 Å². The van der Waals surface area contributed by atoms with E-state index >= 15 is 0 Å². The number of benzene rings is 1. The van der Waals surface area contributed by atoms with Gasteiger partial charge in [0.1, 0.15) is 18.5 Å². The molecule has 1 N–H and O–H groups in total. The molecule has 1 saturated heterocycles. The van der Waals surface area contributed by atoms with E-state index in [-0.39, 0.29) is 30.4 Å². The molecule has 0 aromatic heterocycles. The highest BCUT2D eigenvalue weighted by Gasteiger charge is 2.47. The van der Waals surface area contributed by atoms with Crippen molar-refractivity contribution < 1.29 is 19.4 Å². The van der Waals surface area contributed by atoms with E-state index in [0.717, 1.165) is 37.0 Å². The normalized spacial score (nSPS) is 23.4. The second kappa shape index (κ2) is 10.5. The Bertz CT molecular complexity index is 676. The number of ether oxygens (including phenoxy) is 2. The summed E-state index contributed by atoms with van der Waals surface area (Å²) in [4.78, 5) is 6.54. The molecule has 2 aliphatic rings. The molecular weight excluding hydrogens is 390 g/mol. The van der Waals surface area contributed by atoms with Gasteiger partial charge in [-0.2, -0.15) is 5.06 Å². The van der Waals surface area contributed by atoms with Gasteiger partial charge in [0.2, 0.25) is 0 Å². The molecule has 1 aliphatic carbocycles. The van der Waals surface area contributed by atoms with Crippen LogP contribution >= 0.6 is 0 Å². The molecule has 0 spiro atoms. The summed E-state index contributed by atoms with van der Waals surface area (Å²) < 4.78 is 11.9. The fraction of sp³-hybridized carbons (Fsp3) is 0.692. The predicted molar refractivity (Wildman–Crippen MR) is 125 cm³/mol. The van der Waals surface area contributed by atoms with Crippen molar-refractivity contribution in [3.63, 3.8) is 0 Å². The smallest absolute Gasteiger partial charge is 0.119 e. The summed E-state index contributed by atoms with van der Waals surface area (Å²) in [5, 5.41) is 12.6. The van der Waals surface area contributed by atoms with Gasteiger partial charge in [-0.1, -0.05) is 44.1 Å². The maximum atomic E-state index is 10.4. The van der Waals surface area contributed by atoms with Gasteiger partial charge >= 0.3 is 0 Å². The molecule has 1 aromatic carbocycles. The van der Waals surface area contributed by atoms with Crippen LogP contribution in [-0.2, 0) is 9.57 Å². The average Bonchev–Trinajstić information content (AvgIpc) is 2.74. The Hall–Kier alpha value is -1.40. The predicted octanol–water partition coefficient (Wildman–Crippen LogP) is 5.37. The van der Waals surface area contributed by atoms with Crippen LogP contribution in [0.5, 0.6) is 5.75 Å². The molecule has 1 unspecified atom stereocenters. The maximum Gasteiger partial charge on any atom is 0.119 e. The molecule has 1 aromatic rings. The third-order valence-corrected chi connectivity index (χ3v) is 6.44. The molecule has 1 atom stereocenters. The highest BCUT2D eigenvalue weighted by molar-refractivity contribution is 5.48. The van der Waals surface area contributed by atoms with Crippen LogP contribution in [0, 0.1) is 0 Å². The number of hydrogen-bond donors (Lipinski definition) is 1. The van der Waals surface area contributed by atoms with Crippen molar-refractivity contribution in [2.45, 2.75) is 102 Å². The van der Waals surface area contributed by atoms with Crippen LogP contribution in [0.1, 0.15) is 78.2 Å². The molecule has 1 saturated carbocycles.